The molecule has 0 N–H and O–H groups in total. The highest BCUT2D eigenvalue weighted by molar-refractivity contribution is 7.96. The minimum Gasteiger partial charge on any atom is -0.250 e. The zero-order valence-corrected chi connectivity index (χ0v) is 7.77. The molecular formula is C9H13NS. The lowest BCUT2D eigenvalue weighted by molar-refractivity contribution is 0.567. The van der Waals surface area contributed by atoms with Crippen LogP contribution in [0.4, 0.5) is 0 Å². The molecule has 0 unspecified atom stereocenters. The fraction of sp³-hybridized carbons (Fsp3) is 0.333. The summed E-state index contributed by atoms with van der Waals surface area (Å²) in [6.45, 7) is 1.02. The molecule has 0 bridgehead atoms. The Morgan fingerprint density at radius 3 is 2.45 bits per heavy atom. The van der Waals surface area contributed by atoms with E-state index >= 15 is 0 Å². The second kappa shape index (κ2) is 4.42. The van der Waals surface area contributed by atoms with Gasteiger partial charge in [-0.3, -0.25) is 0 Å². The summed E-state index contributed by atoms with van der Waals surface area (Å²) in [6.07, 6.45) is 2.09. The van der Waals surface area contributed by atoms with Crippen molar-refractivity contribution in [2.75, 3.05) is 13.3 Å². The van der Waals surface area contributed by atoms with Crippen molar-refractivity contribution in [1.82, 2.24) is 4.31 Å². The van der Waals surface area contributed by atoms with Gasteiger partial charge in [-0.1, -0.05) is 42.3 Å². The Balaban J connectivity index is 2.51. The Labute approximate surface area is 72.5 Å². The molecular weight excluding hydrogens is 154 g/mol. The molecule has 0 saturated heterocycles. The molecule has 0 aliphatic carbocycles. The van der Waals surface area contributed by atoms with Gasteiger partial charge in [0.1, 0.15) is 0 Å². The number of hydrogen-bond acceptors (Lipinski definition) is 2. The second-order valence-corrected chi connectivity index (χ2v) is 3.44. The predicted octanol–water partition coefficient (Wildman–Crippen LogP) is 2.40. The maximum Gasteiger partial charge on any atom is 0.0337 e. The van der Waals surface area contributed by atoms with E-state index in [-0.39, 0.29) is 0 Å². The third-order valence-corrected chi connectivity index (χ3v) is 2.31. The fourth-order valence-corrected chi connectivity index (χ4v) is 1.18. The van der Waals surface area contributed by atoms with Gasteiger partial charge in [-0.15, -0.1) is 0 Å². The summed E-state index contributed by atoms with van der Waals surface area (Å²) in [5.41, 5.74) is 1.37. The van der Waals surface area contributed by atoms with Gasteiger partial charge in [0.15, 0.2) is 0 Å². The van der Waals surface area contributed by atoms with Crippen molar-refractivity contribution in [3.05, 3.63) is 35.9 Å². The molecule has 2 heteroatoms. The molecule has 0 aromatic heterocycles. The van der Waals surface area contributed by atoms with Crippen LogP contribution in [0.15, 0.2) is 30.3 Å². The van der Waals surface area contributed by atoms with Crippen LogP contribution in [0.1, 0.15) is 5.56 Å². The monoisotopic (exact) mass is 167 g/mol. The minimum absolute atomic E-state index is 1.02. The molecule has 0 saturated carbocycles. The Morgan fingerprint density at radius 2 is 1.91 bits per heavy atom. The first kappa shape index (κ1) is 8.62. The van der Waals surface area contributed by atoms with Crippen LogP contribution in [0.3, 0.4) is 0 Å². The van der Waals surface area contributed by atoms with E-state index in [1.54, 1.807) is 11.9 Å². The lowest BCUT2D eigenvalue weighted by atomic mass is 10.2. The number of hydrogen-bond donors (Lipinski definition) is 0. The van der Waals surface area contributed by atoms with Gasteiger partial charge in [-0.2, -0.15) is 0 Å². The zero-order valence-electron chi connectivity index (χ0n) is 6.95. The van der Waals surface area contributed by atoms with Crippen LogP contribution in [-0.4, -0.2) is 17.6 Å². The fourth-order valence-electron chi connectivity index (χ4n) is 0.905. The third-order valence-electron chi connectivity index (χ3n) is 1.56. The van der Waals surface area contributed by atoms with Crippen molar-refractivity contribution >= 4 is 11.9 Å². The van der Waals surface area contributed by atoms with Crippen LogP contribution in [0.5, 0.6) is 0 Å². The quantitative estimate of drug-likeness (QED) is 0.636. The van der Waals surface area contributed by atoms with E-state index in [2.05, 4.69) is 41.9 Å². The van der Waals surface area contributed by atoms with E-state index in [1.807, 2.05) is 6.07 Å². The van der Waals surface area contributed by atoms with Crippen LogP contribution in [0, 0.1) is 0 Å². The molecule has 1 aromatic rings. The average molecular weight is 167 g/mol. The number of nitrogens with zero attached hydrogens (tertiary/aromatic N) is 1. The van der Waals surface area contributed by atoms with Crippen molar-refractivity contribution in [2.45, 2.75) is 6.54 Å². The van der Waals surface area contributed by atoms with Gasteiger partial charge >= 0.3 is 0 Å². The highest BCUT2D eigenvalue weighted by atomic mass is 32.2. The van der Waals surface area contributed by atoms with Gasteiger partial charge in [-0.05, 0) is 18.9 Å². The molecule has 0 aliphatic heterocycles. The molecule has 1 rings (SSSR count). The van der Waals surface area contributed by atoms with Gasteiger partial charge in [0.25, 0.3) is 0 Å². The van der Waals surface area contributed by atoms with Crippen LogP contribution < -0.4 is 0 Å². The van der Waals surface area contributed by atoms with Crippen LogP contribution in [0.2, 0.25) is 0 Å². The molecule has 1 aromatic carbocycles. The molecule has 0 spiro atoms. The molecule has 0 atom stereocenters. The Bertz CT molecular complexity index is 198. The summed E-state index contributed by atoms with van der Waals surface area (Å²) >= 11 is 1.75. The summed E-state index contributed by atoms with van der Waals surface area (Å²) in [5, 5.41) is 0. The van der Waals surface area contributed by atoms with Crippen molar-refractivity contribution in [1.29, 1.82) is 0 Å². The van der Waals surface area contributed by atoms with Crippen molar-refractivity contribution < 1.29 is 0 Å². The molecule has 0 amide bonds. The molecule has 1 nitrogen and oxygen atoms in total. The smallest absolute Gasteiger partial charge is 0.0337 e. The molecule has 11 heavy (non-hydrogen) atoms. The number of rotatable bonds is 3. The van der Waals surface area contributed by atoms with Crippen LogP contribution >= 0.6 is 11.9 Å². The Hall–Kier alpha value is -0.470. The lowest BCUT2D eigenvalue weighted by Gasteiger charge is -2.11. The van der Waals surface area contributed by atoms with Crippen LogP contribution in [0.25, 0.3) is 0 Å². The lowest BCUT2D eigenvalue weighted by Crippen LogP contribution is -2.06. The van der Waals surface area contributed by atoms with Gasteiger partial charge < -0.3 is 0 Å². The highest BCUT2D eigenvalue weighted by Gasteiger charge is 1.95. The summed E-state index contributed by atoms with van der Waals surface area (Å²) in [5.74, 6) is 0. The van der Waals surface area contributed by atoms with Gasteiger partial charge in [0, 0.05) is 6.54 Å². The second-order valence-electron chi connectivity index (χ2n) is 2.45. The third kappa shape index (κ3) is 2.95. The van der Waals surface area contributed by atoms with Gasteiger partial charge in [0.2, 0.25) is 0 Å². The number of benzene rings is 1. The first-order chi connectivity index (χ1) is 5.33. The molecule has 0 radical (unpaired) electrons. The average Bonchev–Trinajstić information content (AvgIpc) is 2.06. The van der Waals surface area contributed by atoms with E-state index < -0.39 is 0 Å². The van der Waals surface area contributed by atoms with Gasteiger partial charge in [-0.25, -0.2) is 4.31 Å². The van der Waals surface area contributed by atoms with Crippen molar-refractivity contribution in [2.24, 2.45) is 0 Å². The van der Waals surface area contributed by atoms with E-state index in [4.69, 9.17) is 0 Å². The summed E-state index contributed by atoms with van der Waals surface area (Å²) < 4.78 is 2.20. The first-order valence-corrected chi connectivity index (χ1v) is 4.80. The standard InChI is InChI=1S/C9H13NS/c1-10(11-2)8-9-6-4-3-5-7-9/h3-7H,8H2,1-2H3. The molecule has 0 heterocycles. The molecule has 0 fully saturated rings. The van der Waals surface area contributed by atoms with E-state index in [0.29, 0.717) is 0 Å². The first-order valence-electron chi connectivity index (χ1n) is 3.62. The molecule has 0 aliphatic rings. The van der Waals surface area contributed by atoms with E-state index in [1.165, 1.54) is 5.56 Å². The normalized spacial score (nSPS) is 10.5. The van der Waals surface area contributed by atoms with Crippen molar-refractivity contribution in [3.8, 4) is 0 Å². The van der Waals surface area contributed by atoms with Gasteiger partial charge in [0.05, 0.1) is 0 Å². The Morgan fingerprint density at radius 1 is 1.27 bits per heavy atom. The maximum absolute atomic E-state index is 2.20. The topological polar surface area (TPSA) is 3.24 Å². The summed E-state index contributed by atoms with van der Waals surface area (Å²) in [7, 11) is 2.09. The summed E-state index contributed by atoms with van der Waals surface area (Å²) in [6, 6.07) is 10.5. The minimum atomic E-state index is 1.02. The van der Waals surface area contributed by atoms with E-state index in [9.17, 15) is 0 Å². The zero-order chi connectivity index (χ0) is 8.10. The highest BCUT2D eigenvalue weighted by Crippen LogP contribution is 2.08. The summed E-state index contributed by atoms with van der Waals surface area (Å²) in [4.78, 5) is 0. The SMILES string of the molecule is CSN(C)Cc1ccccc1. The maximum atomic E-state index is 2.20. The molecule has 60 valence electrons. The Kier molecular flexibility index (Phi) is 3.46. The van der Waals surface area contributed by atoms with Crippen molar-refractivity contribution in [3.63, 3.8) is 0 Å². The van der Waals surface area contributed by atoms with Crippen LogP contribution in [-0.2, 0) is 6.54 Å². The largest absolute Gasteiger partial charge is 0.250 e. The van der Waals surface area contributed by atoms with E-state index in [0.717, 1.165) is 6.54 Å². The predicted molar refractivity (Wildman–Crippen MR) is 51.4 cm³/mol.